The second kappa shape index (κ2) is 5.42. The maximum absolute atomic E-state index is 12.7. The smallest absolute Gasteiger partial charge is 0.256 e. The number of hydrazine groups is 1. The van der Waals surface area contributed by atoms with Gasteiger partial charge in [0.25, 0.3) is 5.91 Å². The number of fused-ring (bicyclic) bond motifs is 2. The molecule has 2 unspecified atom stereocenters. The van der Waals surface area contributed by atoms with E-state index in [-0.39, 0.29) is 5.91 Å². The number of rotatable bonds is 2. The summed E-state index contributed by atoms with van der Waals surface area (Å²) in [7, 11) is 2.19. The molecule has 2 heterocycles. The van der Waals surface area contributed by atoms with Gasteiger partial charge in [0.2, 0.25) is 0 Å². The van der Waals surface area contributed by atoms with Gasteiger partial charge in [-0.3, -0.25) is 15.5 Å². The van der Waals surface area contributed by atoms with E-state index < -0.39 is 0 Å². The first kappa shape index (κ1) is 13.4. The highest BCUT2D eigenvalue weighted by molar-refractivity contribution is 5.99. The van der Waals surface area contributed by atoms with Crippen molar-refractivity contribution in [3.05, 3.63) is 29.8 Å². The van der Waals surface area contributed by atoms with E-state index in [9.17, 15) is 4.79 Å². The number of anilines is 1. The van der Waals surface area contributed by atoms with Crippen LogP contribution in [0.2, 0.25) is 0 Å². The van der Waals surface area contributed by atoms with E-state index in [1.54, 1.807) is 0 Å². The summed E-state index contributed by atoms with van der Waals surface area (Å²) in [6.45, 7) is 1.66. The van der Waals surface area contributed by atoms with Crippen LogP contribution in [0.3, 0.4) is 0 Å². The molecule has 2 aliphatic heterocycles. The van der Waals surface area contributed by atoms with Gasteiger partial charge in [0.1, 0.15) is 0 Å². The quantitative estimate of drug-likeness (QED) is 0.630. The highest BCUT2D eigenvalue weighted by Gasteiger charge is 2.36. The molecule has 2 fully saturated rings. The van der Waals surface area contributed by atoms with Crippen molar-refractivity contribution in [1.82, 2.24) is 9.80 Å². The molecule has 108 valence electrons. The molecule has 1 aromatic carbocycles. The third-order valence-corrected chi connectivity index (χ3v) is 4.75. The Hall–Kier alpha value is -1.59. The van der Waals surface area contributed by atoms with E-state index in [4.69, 9.17) is 5.84 Å². The van der Waals surface area contributed by atoms with Crippen LogP contribution in [0.1, 0.15) is 29.6 Å². The summed E-state index contributed by atoms with van der Waals surface area (Å²) in [5, 5.41) is 0. The largest absolute Gasteiger partial charge is 0.337 e. The highest BCUT2D eigenvalue weighted by atomic mass is 16.2. The normalized spacial score (nSPS) is 26.4. The minimum atomic E-state index is 0.0829. The summed E-state index contributed by atoms with van der Waals surface area (Å²) >= 11 is 0. The van der Waals surface area contributed by atoms with Crippen LogP contribution in [0.15, 0.2) is 24.3 Å². The maximum atomic E-state index is 12.7. The summed E-state index contributed by atoms with van der Waals surface area (Å²) in [6.07, 6.45) is 3.53. The molecule has 2 aliphatic rings. The van der Waals surface area contributed by atoms with Crippen LogP contribution in [0.5, 0.6) is 0 Å². The third-order valence-electron chi connectivity index (χ3n) is 4.75. The molecule has 5 nitrogen and oxygen atoms in total. The van der Waals surface area contributed by atoms with E-state index in [0.717, 1.165) is 19.5 Å². The van der Waals surface area contributed by atoms with Crippen LogP contribution in [-0.4, -0.2) is 47.9 Å². The Morgan fingerprint density at radius 1 is 1.25 bits per heavy atom. The second-order valence-corrected chi connectivity index (χ2v) is 5.78. The van der Waals surface area contributed by atoms with Crippen molar-refractivity contribution < 1.29 is 4.79 Å². The first-order valence-electron chi connectivity index (χ1n) is 7.27. The van der Waals surface area contributed by atoms with Crippen LogP contribution >= 0.6 is 0 Å². The maximum Gasteiger partial charge on any atom is 0.256 e. The van der Waals surface area contributed by atoms with Crippen molar-refractivity contribution in [3.8, 4) is 0 Å². The van der Waals surface area contributed by atoms with E-state index >= 15 is 0 Å². The third kappa shape index (κ3) is 2.27. The fourth-order valence-electron chi connectivity index (χ4n) is 3.46. The van der Waals surface area contributed by atoms with Crippen molar-refractivity contribution >= 4 is 11.6 Å². The Kier molecular flexibility index (Phi) is 3.63. The minimum absolute atomic E-state index is 0.0829. The molecule has 0 aliphatic carbocycles. The molecule has 0 radical (unpaired) electrons. The van der Waals surface area contributed by atoms with Crippen molar-refractivity contribution in [3.63, 3.8) is 0 Å². The first-order chi connectivity index (χ1) is 9.70. The molecule has 3 rings (SSSR count). The Labute approximate surface area is 119 Å². The molecule has 2 atom stereocenters. The Balaban J connectivity index is 1.80. The van der Waals surface area contributed by atoms with Gasteiger partial charge in [0.05, 0.1) is 11.3 Å². The fraction of sp³-hybridized carbons (Fsp3) is 0.533. The molecular weight excluding hydrogens is 252 g/mol. The van der Waals surface area contributed by atoms with Gasteiger partial charge in [0, 0.05) is 25.2 Å². The summed E-state index contributed by atoms with van der Waals surface area (Å²) < 4.78 is 0. The van der Waals surface area contributed by atoms with Gasteiger partial charge in [-0.15, -0.1) is 0 Å². The number of amides is 1. The summed E-state index contributed by atoms with van der Waals surface area (Å²) in [6, 6.07) is 8.58. The van der Waals surface area contributed by atoms with Crippen molar-refractivity contribution in [2.24, 2.45) is 5.84 Å². The number of hydrogen-bond donors (Lipinski definition) is 2. The SMILES string of the molecule is CN1C2CCC1CN(C(=O)c1ccccc1NN)CC2. The van der Waals surface area contributed by atoms with Gasteiger partial charge in [-0.1, -0.05) is 12.1 Å². The van der Waals surface area contributed by atoms with Gasteiger partial charge >= 0.3 is 0 Å². The van der Waals surface area contributed by atoms with Crippen molar-refractivity contribution in [2.75, 3.05) is 25.6 Å². The predicted octanol–water partition coefficient (Wildman–Crippen LogP) is 1.28. The van der Waals surface area contributed by atoms with Crippen molar-refractivity contribution in [1.29, 1.82) is 0 Å². The average molecular weight is 274 g/mol. The Morgan fingerprint density at radius 2 is 2.00 bits per heavy atom. The zero-order valence-corrected chi connectivity index (χ0v) is 11.9. The number of carbonyl (C=O) groups excluding carboxylic acids is 1. The molecular formula is C15H22N4O. The highest BCUT2D eigenvalue weighted by Crippen LogP contribution is 2.29. The van der Waals surface area contributed by atoms with Gasteiger partial charge in [-0.2, -0.15) is 0 Å². The Morgan fingerprint density at radius 3 is 2.80 bits per heavy atom. The Bertz CT molecular complexity index is 504. The van der Waals surface area contributed by atoms with Crippen LogP contribution in [0.25, 0.3) is 0 Å². The molecule has 0 saturated carbocycles. The number of nitrogens with one attached hydrogen (secondary N) is 1. The number of hydrogen-bond acceptors (Lipinski definition) is 4. The van der Waals surface area contributed by atoms with Gasteiger partial charge in [-0.05, 0) is 38.4 Å². The molecule has 20 heavy (non-hydrogen) atoms. The van der Waals surface area contributed by atoms with Crippen LogP contribution in [0.4, 0.5) is 5.69 Å². The number of benzene rings is 1. The zero-order valence-electron chi connectivity index (χ0n) is 11.9. The van der Waals surface area contributed by atoms with Crippen LogP contribution in [-0.2, 0) is 0 Å². The minimum Gasteiger partial charge on any atom is -0.337 e. The number of likely N-dealkylation sites (N-methyl/N-ethyl adjacent to an activating group) is 1. The lowest BCUT2D eigenvalue weighted by atomic mass is 10.1. The average Bonchev–Trinajstić information content (AvgIpc) is 2.71. The standard InChI is InChI=1S/C15H22N4O/c1-18-11-6-7-12(18)10-19(9-8-11)15(20)13-4-2-3-5-14(13)17-16/h2-5,11-12,17H,6-10,16H2,1H3. The number of nitrogen functional groups attached to an aromatic ring is 1. The molecule has 1 amide bonds. The molecule has 2 bridgehead atoms. The van der Waals surface area contributed by atoms with Gasteiger partial charge in [-0.25, -0.2) is 0 Å². The molecule has 3 N–H and O–H groups in total. The summed E-state index contributed by atoms with van der Waals surface area (Å²) in [4.78, 5) is 17.2. The van der Waals surface area contributed by atoms with E-state index in [1.165, 1.54) is 12.8 Å². The molecule has 0 aromatic heterocycles. The number of carbonyl (C=O) groups is 1. The number of nitrogens with two attached hydrogens (primary N) is 1. The summed E-state index contributed by atoms with van der Waals surface area (Å²) in [5.41, 5.74) is 3.97. The van der Waals surface area contributed by atoms with E-state index in [0.29, 0.717) is 23.3 Å². The number of likely N-dealkylation sites (tertiary alicyclic amines) is 1. The van der Waals surface area contributed by atoms with Gasteiger partial charge in [0.15, 0.2) is 0 Å². The van der Waals surface area contributed by atoms with Gasteiger partial charge < -0.3 is 10.3 Å². The van der Waals surface area contributed by atoms with E-state index in [2.05, 4.69) is 17.4 Å². The lowest BCUT2D eigenvalue weighted by Gasteiger charge is -2.26. The van der Waals surface area contributed by atoms with Crippen molar-refractivity contribution in [2.45, 2.75) is 31.3 Å². The number of nitrogens with zero attached hydrogens (tertiary/aromatic N) is 2. The van der Waals surface area contributed by atoms with E-state index in [1.807, 2.05) is 29.2 Å². The number of para-hydroxylation sites is 1. The molecule has 0 spiro atoms. The monoisotopic (exact) mass is 274 g/mol. The van der Waals surface area contributed by atoms with Crippen LogP contribution in [0, 0.1) is 0 Å². The summed E-state index contributed by atoms with van der Waals surface area (Å²) in [5.74, 6) is 5.59. The first-order valence-corrected chi connectivity index (χ1v) is 7.27. The second-order valence-electron chi connectivity index (χ2n) is 5.78. The zero-order chi connectivity index (χ0) is 14.1. The molecule has 5 heteroatoms. The molecule has 1 aromatic rings. The fourth-order valence-corrected chi connectivity index (χ4v) is 3.46. The topological polar surface area (TPSA) is 61.6 Å². The lowest BCUT2D eigenvalue weighted by Crippen LogP contribution is -2.40. The molecule has 2 saturated heterocycles. The predicted molar refractivity (Wildman–Crippen MR) is 79.3 cm³/mol. The van der Waals surface area contributed by atoms with Crippen LogP contribution < -0.4 is 11.3 Å². The lowest BCUT2D eigenvalue weighted by molar-refractivity contribution is 0.0741.